The number of hydrogen-bond acceptors (Lipinski definition) is 6. The highest BCUT2D eigenvalue weighted by Crippen LogP contribution is 2.33. The highest BCUT2D eigenvalue weighted by atomic mass is 16.4. The quantitative estimate of drug-likeness (QED) is 0.366. The van der Waals surface area contributed by atoms with Crippen molar-refractivity contribution in [3.63, 3.8) is 0 Å². The molecule has 0 aliphatic heterocycles. The molecule has 6 N–H and O–H groups in total. The van der Waals surface area contributed by atoms with Crippen LogP contribution in [0.15, 0.2) is 33.1 Å². The third kappa shape index (κ3) is 2.67. The fourth-order valence-electron chi connectivity index (χ4n) is 1.86. The van der Waals surface area contributed by atoms with Gasteiger partial charge in [0.15, 0.2) is 11.5 Å². The summed E-state index contributed by atoms with van der Waals surface area (Å²) in [7, 11) is 0. The lowest BCUT2D eigenvalue weighted by Crippen LogP contribution is -2.29. The largest absolute Gasteiger partial charge is 0.455 e. The number of furan rings is 2. The Kier molecular flexibility index (Phi) is 3.83. The number of carbonyl (C=O) groups excluding carboxylic acids is 2. The van der Waals surface area contributed by atoms with E-state index in [4.69, 9.17) is 20.5 Å². The summed E-state index contributed by atoms with van der Waals surface area (Å²) in [6.45, 7) is 3.66. The number of carbonyl (C=O) groups is 2. The molecule has 21 heavy (non-hydrogen) atoms. The third-order valence-electron chi connectivity index (χ3n) is 3.15. The van der Waals surface area contributed by atoms with Crippen LogP contribution in [0.4, 0.5) is 0 Å². The van der Waals surface area contributed by atoms with Crippen LogP contribution in [0, 0.1) is 0 Å². The lowest BCUT2D eigenvalue weighted by molar-refractivity contribution is 0.0919. The van der Waals surface area contributed by atoms with Crippen LogP contribution in [0.3, 0.4) is 0 Å². The van der Waals surface area contributed by atoms with Crippen molar-refractivity contribution in [2.45, 2.75) is 19.3 Å². The van der Waals surface area contributed by atoms with E-state index in [1.165, 1.54) is 12.1 Å². The van der Waals surface area contributed by atoms with Crippen LogP contribution >= 0.6 is 0 Å². The van der Waals surface area contributed by atoms with Crippen molar-refractivity contribution in [2.75, 3.05) is 0 Å². The van der Waals surface area contributed by atoms with E-state index in [-0.39, 0.29) is 11.5 Å². The van der Waals surface area contributed by atoms with Crippen LogP contribution in [0.5, 0.6) is 0 Å². The first-order valence-electron chi connectivity index (χ1n) is 6.12. The van der Waals surface area contributed by atoms with Crippen LogP contribution < -0.4 is 22.5 Å². The molecular weight excluding hydrogens is 276 g/mol. The van der Waals surface area contributed by atoms with Gasteiger partial charge in [0, 0.05) is 0 Å². The van der Waals surface area contributed by atoms with Crippen molar-refractivity contribution < 1.29 is 18.4 Å². The number of rotatable bonds is 4. The lowest BCUT2D eigenvalue weighted by Gasteiger charge is -2.19. The fourth-order valence-corrected chi connectivity index (χ4v) is 1.86. The van der Waals surface area contributed by atoms with Gasteiger partial charge in [-0.25, -0.2) is 11.7 Å². The zero-order valence-corrected chi connectivity index (χ0v) is 11.6. The fraction of sp³-hybridized carbons (Fsp3) is 0.231. The minimum Gasteiger partial charge on any atom is -0.455 e. The Morgan fingerprint density at radius 1 is 0.905 bits per heavy atom. The minimum absolute atomic E-state index is 0.0899. The smallest absolute Gasteiger partial charge is 0.300 e. The Morgan fingerprint density at radius 2 is 1.29 bits per heavy atom. The molecule has 0 aromatic carbocycles. The van der Waals surface area contributed by atoms with Crippen LogP contribution in [0.25, 0.3) is 0 Å². The molecule has 8 heteroatoms. The van der Waals surface area contributed by atoms with Crippen LogP contribution in [0.2, 0.25) is 0 Å². The predicted octanol–water partition coefficient (Wildman–Crippen LogP) is 0.405. The van der Waals surface area contributed by atoms with Gasteiger partial charge in [-0.3, -0.25) is 20.4 Å². The first-order chi connectivity index (χ1) is 9.90. The normalized spacial score (nSPS) is 11.2. The zero-order valence-electron chi connectivity index (χ0n) is 11.6. The van der Waals surface area contributed by atoms with Gasteiger partial charge >= 0.3 is 11.8 Å². The maximum Gasteiger partial charge on any atom is 0.300 e. The number of nitrogens with two attached hydrogens (primary N) is 2. The summed E-state index contributed by atoms with van der Waals surface area (Å²) < 4.78 is 10.9. The highest BCUT2D eigenvalue weighted by Gasteiger charge is 2.31. The number of nitrogen functional groups attached to an aromatic ring is 2. The van der Waals surface area contributed by atoms with Gasteiger partial charge in [-0.1, -0.05) is 0 Å². The minimum atomic E-state index is -0.680. The van der Waals surface area contributed by atoms with Gasteiger partial charge in [-0.2, -0.15) is 0 Å². The summed E-state index contributed by atoms with van der Waals surface area (Å²) in [5.74, 6) is 10.2. The molecule has 0 bridgehead atoms. The average Bonchev–Trinajstić information content (AvgIpc) is 3.14. The van der Waals surface area contributed by atoms with Crippen molar-refractivity contribution in [2.24, 2.45) is 11.7 Å². The van der Waals surface area contributed by atoms with Gasteiger partial charge in [0.05, 0.1) is 5.41 Å². The summed E-state index contributed by atoms with van der Waals surface area (Å²) >= 11 is 0. The van der Waals surface area contributed by atoms with Crippen LogP contribution in [0.1, 0.15) is 46.5 Å². The monoisotopic (exact) mass is 292 g/mol. The summed E-state index contributed by atoms with van der Waals surface area (Å²) in [6.07, 6.45) is 0. The topological polar surface area (TPSA) is 137 Å². The molecule has 2 amide bonds. The zero-order chi connectivity index (χ0) is 15.6. The molecule has 0 aliphatic rings. The molecule has 2 aromatic heterocycles. The Labute approximate surface area is 120 Å². The maximum atomic E-state index is 11.4. The van der Waals surface area contributed by atoms with Crippen molar-refractivity contribution in [1.82, 2.24) is 10.9 Å². The lowest BCUT2D eigenvalue weighted by atomic mass is 9.87. The van der Waals surface area contributed by atoms with E-state index in [1.54, 1.807) is 12.1 Å². The van der Waals surface area contributed by atoms with Gasteiger partial charge in [-0.15, -0.1) is 0 Å². The van der Waals surface area contributed by atoms with E-state index in [0.717, 1.165) is 0 Å². The highest BCUT2D eigenvalue weighted by molar-refractivity contribution is 5.91. The molecule has 8 nitrogen and oxygen atoms in total. The molecule has 0 saturated carbocycles. The van der Waals surface area contributed by atoms with Crippen molar-refractivity contribution in [1.29, 1.82) is 0 Å². The number of hydrazine groups is 2. The molecule has 0 atom stereocenters. The van der Waals surface area contributed by atoms with E-state index < -0.39 is 17.2 Å². The van der Waals surface area contributed by atoms with Crippen LogP contribution in [-0.4, -0.2) is 11.8 Å². The first-order valence-corrected chi connectivity index (χ1v) is 6.12. The summed E-state index contributed by atoms with van der Waals surface area (Å²) in [4.78, 5) is 22.8. The molecular formula is C13H16N4O4. The van der Waals surface area contributed by atoms with Gasteiger partial charge < -0.3 is 8.83 Å². The second kappa shape index (κ2) is 5.43. The molecule has 2 heterocycles. The summed E-state index contributed by atoms with van der Waals surface area (Å²) in [5.41, 5.74) is 3.30. The Morgan fingerprint density at radius 3 is 1.62 bits per heavy atom. The van der Waals surface area contributed by atoms with E-state index in [1.807, 2.05) is 24.7 Å². The maximum absolute atomic E-state index is 11.4. The van der Waals surface area contributed by atoms with Gasteiger partial charge in [0.2, 0.25) is 0 Å². The Bertz CT molecular complexity index is 615. The standard InChI is InChI=1S/C13H16N4O4/c1-13(2,9-5-3-7(20-9)11(18)16-14)10-6-4-8(21-10)12(19)17-15/h3-6H,14-15H2,1-2H3,(H,16,18)(H,17,19). The van der Waals surface area contributed by atoms with E-state index in [0.29, 0.717) is 11.5 Å². The van der Waals surface area contributed by atoms with Crippen molar-refractivity contribution in [3.05, 3.63) is 47.3 Å². The molecule has 0 radical (unpaired) electrons. The second-order valence-electron chi connectivity index (χ2n) is 4.90. The number of hydrogen-bond donors (Lipinski definition) is 4. The predicted molar refractivity (Wildman–Crippen MR) is 72.9 cm³/mol. The SMILES string of the molecule is CC(C)(c1ccc(C(=O)NN)o1)c1ccc(C(=O)NN)o1. The molecule has 2 rings (SSSR count). The third-order valence-corrected chi connectivity index (χ3v) is 3.15. The molecule has 0 unspecified atom stereocenters. The van der Waals surface area contributed by atoms with Gasteiger partial charge in [-0.05, 0) is 38.1 Å². The number of amides is 2. The molecule has 0 spiro atoms. The number of nitrogens with one attached hydrogen (secondary N) is 2. The second-order valence-corrected chi connectivity index (χ2v) is 4.90. The van der Waals surface area contributed by atoms with E-state index >= 15 is 0 Å². The first kappa shape index (κ1) is 14.8. The van der Waals surface area contributed by atoms with Gasteiger partial charge in [0.25, 0.3) is 0 Å². The molecule has 112 valence electrons. The summed E-state index contributed by atoms with van der Waals surface area (Å²) in [6, 6.07) is 6.32. The van der Waals surface area contributed by atoms with E-state index in [9.17, 15) is 9.59 Å². The van der Waals surface area contributed by atoms with Crippen LogP contribution in [-0.2, 0) is 5.41 Å². The summed E-state index contributed by atoms with van der Waals surface area (Å²) in [5, 5.41) is 0. The van der Waals surface area contributed by atoms with Crippen molar-refractivity contribution >= 4 is 11.8 Å². The Hall–Kier alpha value is -2.58. The average molecular weight is 292 g/mol. The molecule has 0 fully saturated rings. The van der Waals surface area contributed by atoms with E-state index in [2.05, 4.69) is 0 Å². The molecule has 0 aliphatic carbocycles. The van der Waals surface area contributed by atoms with Crippen molar-refractivity contribution in [3.8, 4) is 0 Å². The molecule has 2 aromatic rings. The molecule has 0 saturated heterocycles. The Balaban J connectivity index is 2.32. The van der Waals surface area contributed by atoms with Gasteiger partial charge in [0.1, 0.15) is 11.5 Å².